The number of rotatable bonds is 5. The quantitative estimate of drug-likeness (QED) is 0.917. The van der Waals surface area contributed by atoms with Crippen molar-refractivity contribution in [2.75, 3.05) is 11.9 Å². The summed E-state index contributed by atoms with van der Waals surface area (Å²) >= 11 is 5.73. The van der Waals surface area contributed by atoms with Crippen LogP contribution in [0.5, 0.6) is 11.8 Å². The molecule has 20 heavy (non-hydrogen) atoms. The summed E-state index contributed by atoms with van der Waals surface area (Å²) in [5, 5.41) is 2.83. The number of anilines is 1. The van der Waals surface area contributed by atoms with E-state index in [0.717, 1.165) is 24.6 Å². The molecule has 1 heterocycles. The highest BCUT2D eigenvalue weighted by atomic mass is 35.5. The molecule has 106 valence electrons. The van der Waals surface area contributed by atoms with Gasteiger partial charge >= 0.3 is 6.01 Å². The molecule has 2 rings (SSSR count). The smallest absolute Gasteiger partial charge is 0.328 e. The highest BCUT2D eigenvalue weighted by Crippen LogP contribution is 2.22. The van der Waals surface area contributed by atoms with E-state index < -0.39 is 11.6 Å². The first-order chi connectivity index (χ1) is 9.56. The minimum Gasteiger partial charge on any atom is -0.424 e. The maximum atomic E-state index is 13.0. The number of benzene rings is 1. The van der Waals surface area contributed by atoms with Crippen LogP contribution in [-0.2, 0) is 0 Å². The van der Waals surface area contributed by atoms with Gasteiger partial charge in [0, 0.05) is 24.7 Å². The number of hydrogen-bond acceptors (Lipinski definition) is 5. The fourth-order valence-corrected chi connectivity index (χ4v) is 1.54. The normalized spacial score (nSPS) is 10.4. The second-order valence-electron chi connectivity index (χ2n) is 3.84. The Morgan fingerprint density at radius 1 is 1.15 bits per heavy atom. The molecule has 0 spiro atoms. The molecule has 1 N–H and O–H groups in total. The zero-order chi connectivity index (χ0) is 14.5. The number of nitrogens with one attached hydrogen (secondary N) is 1. The van der Waals surface area contributed by atoms with Crippen molar-refractivity contribution in [3.8, 4) is 11.8 Å². The third-order valence-corrected chi connectivity index (χ3v) is 2.33. The summed E-state index contributed by atoms with van der Waals surface area (Å²) in [4.78, 5) is 11.5. The Morgan fingerprint density at radius 2 is 1.85 bits per heavy atom. The van der Waals surface area contributed by atoms with Gasteiger partial charge in [-0.3, -0.25) is 0 Å². The average Bonchev–Trinajstić information content (AvgIpc) is 2.34. The fraction of sp³-hybridized carbons (Fsp3) is 0.250. The molecule has 0 amide bonds. The van der Waals surface area contributed by atoms with Gasteiger partial charge in [-0.05, 0) is 18.0 Å². The van der Waals surface area contributed by atoms with Gasteiger partial charge in [-0.25, -0.2) is 8.78 Å². The van der Waals surface area contributed by atoms with Gasteiger partial charge in [0.05, 0.1) is 0 Å². The summed E-state index contributed by atoms with van der Waals surface area (Å²) in [7, 11) is 0. The van der Waals surface area contributed by atoms with Crippen molar-refractivity contribution in [1.82, 2.24) is 15.0 Å². The maximum Gasteiger partial charge on any atom is 0.328 e. The van der Waals surface area contributed by atoms with Crippen molar-refractivity contribution >= 4 is 17.5 Å². The van der Waals surface area contributed by atoms with E-state index in [1.54, 1.807) is 0 Å². The Morgan fingerprint density at radius 3 is 2.50 bits per heavy atom. The van der Waals surface area contributed by atoms with Crippen LogP contribution in [0.15, 0.2) is 18.2 Å². The van der Waals surface area contributed by atoms with E-state index in [1.807, 2.05) is 6.92 Å². The minimum absolute atomic E-state index is 0.0637. The van der Waals surface area contributed by atoms with Gasteiger partial charge in [0.2, 0.25) is 11.2 Å². The van der Waals surface area contributed by atoms with Gasteiger partial charge in [0.1, 0.15) is 17.4 Å². The average molecular weight is 301 g/mol. The number of halogens is 3. The van der Waals surface area contributed by atoms with Gasteiger partial charge in [-0.1, -0.05) is 6.92 Å². The van der Waals surface area contributed by atoms with E-state index in [1.165, 1.54) is 0 Å². The second-order valence-corrected chi connectivity index (χ2v) is 4.18. The molecule has 0 aliphatic rings. The van der Waals surface area contributed by atoms with Crippen LogP contribution in [0.25, 0.3) is 0 Å². The van der Waals surface area contributed by atoms with Crippen molar-refractivity contribution in [1.29, 1.82) is 0 Å². The monoisotopic (exact) mass is 300 g/mol. The number of aromatic nitrogens is 3. The largest absolute Gasteiger partial charge is 0.424 e. The summed E-state index contributed by atoms with van der Waals surface area (Å²) in [6.07, 6.45) is 0.870. The summed E-state index contributed by atoms with van der Waals surface area (Å²) in [6.45, 7) is 2.62. The van der Waals surface area contributed by atoms with Crippen LogP contribution >= 0.6 is 11.6 Å². The molecule has 0 saturated heterocycles. The van der Waals surface area contributed by atoms with E-state index in [0.29, 0.717) is 6.54 Å². The van der Waals surface area contributed by atoms with E-state index in [-0.39, 0.29) is 23.0 Å². The topological polar surface area (TPSA) is 59.9 Å². The molecule has 0 fully saturated rings. The number of hydrogen-bond donors (Lipinski definition) is 1. The SMILES string of the molecule is CCCNc1nc(Cl)nc(Oc2cc(F)cc(F)c2)n1. The lowest BCUT2D eigenvalue weighted by Gasteiger charge is -2.07. The Kier molecular flexibility index (Phi) is 4.62. The first-order valence-corrected chi connectivity index (χ1v) is 6.24. The number of ether oxygens (including phenoxy) is 1. The van der Waals surface area contributed by atoms with Gasteiger partial charge < -0.3 is 10.1 Å². The van der Waals surface area contributed by atoms with Crippen LogP contribution in [0.4, 0.5) is 14.7 Å². The van der Waals surface area contributed by atoms with Crippen molar-refractivity contribution in [2.45, 2.75) is 13.3 Å². The molecular weight excluding hydrogens is 290 g/mol. The zero-order valence-electron chi connectivity index (χ0n) is 10.5. The Bertz CT molecular complexity index is 592. The molecule has 0 atom stereocenters. The Balaban J connectivity index is 2.21. The van der Waals surface area contributed by atoms with Gasteiger partial charge in [0.15, 0.2) is 0 Å². The summed E-state index contributed by atoms with van der Waals surface area (Å²) < 4.78 is 31.3. The predicted molar refractivity (Wildman–Crippen MR) is 70.0 cm³/mol. The van der Waals surface area contributed by atoms with Gasteiger partial charge in [0.25, 0.3) is 0 Å². The molecule has 0 radical (unpaired) electrons. The highest BCUT2D eigenvalue weighted by Gasteiger charge is 2.09. The van der Waals surface area contributed by atoms with Crippen LogP contribution in [0.3, 0.4) is 0 Å². The Hall–Kier alpha value is -2.02. The van der Waals surface area contributed by atoms with Crippen LogP contribution in [-0.4, -0.2) is 21.5 Å². The zero-order valence-corrected chi connectivity index (χ0v) is 11.3. The molecule has 1 aromatic carbocycles. The molecule has 5 nitrogen and oxygen atoms in total. The lowest BCUT2D eigenvalue weighted by molar-refractivity contribution is 0.431. The molecule has 0 unspecified atom stereocenters. The van der Waals surface area contributed by atoms with Crippen LogP contribution < -0.4 is 10.1 Å². The molecule has 0 aliphatic heterocycles. The van der Waals surface area contributed by atoms with Crippen molar-refractivity contribution in [2.24, 2.45) is 0 Å². The lowest BCUT2D eigenvalue weighted by Crippen LogP contribution is -2.06. The van der Waals surface area contributed by atoms with Crippen LogP contribution in [0.2, 0.25) is 5.28 Å². The molecule has 0 aliphatic carbocycles. The van der Waals surface area contributed by atoms with Gasteiger partial charge in [-0.2, -0.15) is 15.0 Å². The van der Waals surface area contributed by atoms with Crippen molar-refractivity contribution in [3.05, 3.63) is 35.1 Å². The van der Waals surface area contributed by atoms with Crippen molar-refractivity contribution in [3.63, 3.8) is 0 Å². The molecule has 0 bridgehead atoms. The van der Waals surface area contributed by atoms with Crippen LogP contribution in [0.1, 0.15) is 13.3 Å². The minimum atomic E-state index is -0.760. The highest BCUT2D eigenvalue weighted by molar-refractivity contribution is 6.28. The molecule has 1 aromatic heterocycles. The fourth-order valence-electron chi connectivity index (χ4n) is 1.39. The molecular formula is C12H11ClF2N4O. The molecule has 2 aromatic rings. The van der Waals surface area contributed by atoms with E-state index in [9.17, 15) is 8.78 Å². The van der Waals surface area contributed by atoms with E-state index in [2.05, 4.69) is 20.3 Å². The first kappa shape index (κ1) is 14.4. The summed E-state index contributed by atoms with van der Waals surface area (Å²) in [5.41, 5.74) is 0. The second kappa shape index (κ2) is 6.42. The van der Waals surface area contributed by atoms with Crippen LogP contribution in [0, 0.1) is 11.6 Å². The third kappa shape index (κ3) is 3.99. The lowest BCUT2D eigenvalue weighted by atomic mass is 10.3. The Labute approximate surface area is 119 Å². The van der Waals surface area contributed by atoms with Gasteiger partial charge in [-0.15, -0.1) is 0 Å². The van der Waals surface area contributed by atoms with E-state index in [4.69, 9.17) is 16.3 Å². The summed E-state index contributed by atoms with van der Waals surface area (Å²) in [5.74, 6) is -1.35. The first-order valence-electron chi connectivity index (χ1n) is 5.86. The third-order valence-electron chi connectivity index (χ3n) is 2.17. The molecule has 0 saturated carbocycles. The maximum absolute atomic E-state index is 13.0. The van der Waals surface area contributed by atoms with E-state index >= 15 is 0 Å². The molecule has 8 heteroatoms. The van der Waals surface area contributed by atoms with Crippen molar-refractivity contribution < 1.29 is 13.5 Å². The standard InChI is InChI=1S/C12H11ClF2N4O/c1-2-3-16-11-17-10(13)18-12(19-11)20-9-5-7(14)4-8(15)6-9/h4-6H,2-3H2,1H3,(H,16,17,18,19). The number of nitrogens with zero attached hydrogens (tertiary/aromatic N) is 3. The summed E-state index contributed by atoms with van der Waals surface area (Å²) in [6, 6.07) is 2.62. The predicted octanol–water partition coefficient (Wildman–Crippen LogP) is 3.42.